The molecular weight excluding hydrogens is 447 g/mol. The third-order valence-electron chi connectivity index (χ3n) is 4.04. The molecule has 0 saturated carbocycles. The number of amides is 1. The van der Waals surface area contributed by atoms with Gasteiger partial charge >= 0.3 is 0 Å². The minimum atomic E-state index is 0. The zero-order valence-electron chi connectivity index (χ0n) is 15.2. The number of carbonyl (C=O) groups is 1. The molecule has 1 atom stereocenters. The first-order valence-electron chi connectivity index (χ1n) is 8.58. The zero-order valence-corrected chi connectivity index (χ0v) is 18.4. The van der Waals surface area contributed by atoms with Crippen LogP contribution in [-0.4, -0.2) is 43.0 Å². The maximum absolute atomic E-state index is 11.8. The molecule has 1 aromatic carbocycles. The van der Waals surface area contributed by atoms with Crippen LogP contribution in [0.5, 0.6) is 0 Å². The van der Waals surface area contributed by atoms with Gasteiger partial charge in [0.15, 0.2) is 5.96 Å². The molecule has 2 N–H and O–H groups in total. The standard InChI is InChI=1S/C18H28N4OS.HI/c1-4-19-18(20-12-14(2)24-3)21-13-15-7-9-16(10-8-15)22-11-5-6-17(22)23;/h7-10,14H,4-6,11-13H2,1-3H3,(H2,19,20,21);1H. The van der Waals surface area contributed by atoms with Crippen LogP contribution in [0.1, 0.15) is 32.3 Å². The topological polar surface area (TPSA) is 56.7 Å². The Hall–Kier alpha value is -0.960. The summed E-state index contributed by atoms with van der Waals surface area (Å²) in [6.07, 6.45) is 3.73. The van der Waals surface area contributed by atoms with Gasteiger partial charge in [-0.3, -0.25) is 4.79 Å². The minimum absolute atomic E-state index is 0. The number of hydrogen-bond donors (Lipinski definition) is 2. The van der Waals surface area contributed by atoms with Crippen molar-refractivity contribution in [3.63, 3.8) is 0 Å². The smallest absolute Gasteiger partial charge is 0.227 e. The average Bonchev–Trinajstić information content (AvgIpc) is 3.03. The van der Waals surface area contributed by atoms with Crippen LogP contribution in [0.4, 0.5) is 5.69 Å². The van der Waals surface area contributed by atoms with E-state index in [9.17, 15) is 4.79 Å². The summed E-state index contributed by atoms with van der Waals surface area (Å²) < 4.78 is 0. The molecule has 1 fully saturated rings. The Morgan fingerprint density at radius 3 is 2.60 bits per heavy atom. The van der Waals surface area contributed by atoms with E-state index in [4.69, 9.17) is 0 Å². The molecule has 0 aliphatic carbocycles. The molecule has 0 spiro atoms. The molecule has 7 heteroatoms. The second-order valence-electron chi connectivity index (χ2n) is 5.94. The van der Waals surface area contributed by atoms with Crippen LogP contribution in [0, 0.1) is 0 Å². The lowest BCUT2D eigenvalue weighted by Gasteiger charge is -2.16. The highest BCUT2D eigenvalue weighted by molar-refractivity contribution is 14.0. The summed E-state index contributed by atoms with van der Waals surface area (Å²) in [7, 11) is 0. The summed E-state index contributed by atoms with van der Waals surface area (Å²) in [5.41, 5.74) is 2.13. The molecule has 2 rings (SSSR count). The Kier molecular flexibility index (Phi) is 10.3. The fourth-order valence-electron chi connectivity index (χ4n) is 2.54. The van der Waals surface area contributed by atoms with Crippen molar-refractivity contribution in [1.29, 1.82) is 0 Å². The normalized spacial score (nSPS) is 15.7. The molecule has 1 aliphatic rings. The van der Waals surface area contributed by atoms with Crippen molar-refractivity contribution in [3.8, 4) is 0 Å². The van der Waals surface area contributed by atoms with Crippen LogP contribution in [0.15, 0.2) is 29.3 Å². The number of nitrogens with zero attached hydrogens (tertiary/aromatic N) is 2. The minimum Gasteiger partial charge on any atom is -0.357 e. The predicted molar refractivity (Wildman–Crippen MR) is 119 cm³/mol. The quantitative estimate of drug-likeness (QED) is 0.361. The van der Waals surface area contributed by atoms with Crippen LogP contribution >= 0.6 is 35.7 Å². The maximum atomic E-state index is 11.8. The second-order valence-corrected chi connectivity index (χ2v) is 7.21. The first kappa shape index (κ1) is 22.1. The van der Waals surface area contributed by atoms with E-state index >= 15 is 0 Å². The number of thioether (sulfide) groups is 1. The van der Waals surface area contributed by atoms with Gasteiger partial charge < -0.3 is 15.5 Å². The lowest BCUT2D eigenvalue weighted by molar-refractivity contribution is -0.117. The van der Waals surface area contributed by atoms with E-state index in [0.29, 0.717) is 18.2 Å². The number of hydrogen-bond acceptors (Lipinski definition) is 3. The molecule has 1 unspecified atom stereocenters. The fraction of sp³-hybridized carbons (Fsp3) is 0.556. The van der Waals surface area contributed by atoms with E-state index in [-0.39, 0.29) is 29.9 Å². The van der Waals surface area contributed by atoms with Crippen molar-refractivity contribution in [2.24, 2.45) is 4.99 Å². The largest absolute Gasteiger partial charge is 0.357 e. The molecule has 1 aromatic rings. The van der Waals surface area contributed by atoms with Crippen molar-refractivity contribution >= 4 is 53.3 Å². The number of guanidine groups is 1. The molecule has 5 nitrogen and oxygen atoms in total. The number of rotatable bonds is 7. The molecule has 1 aliphatic heterocycles. The van der Waals surface area contributed by atoms with Crippen LogP contribution in [0.3, 0.4) is 0 Å². The maximum Gasteiger partial charge on any atom is 0.227 e. The van der Waals surface area contributed by atoms with E-state index in [2.05, 4.69) is 47.9 Å². The summed E-state index contributed by atoms with van der Waals surface area (Å²) in [5, 5.41) is 7.19. The van der Waals surface area contributed by atoms with E-state index in [0.717, 1.165) is 43.3 Å². The summed E-state index contributed by atoms with van der Waals surface area (Å²) in [5.74, 6) is 1.07. The Bertz CT molecular complexity index is 565. The van der Waals surface area contributed by atoms with Gasteiger partial charge in [-0.1, -0.05) is 19.1 Å². The number of halogens is 1. The van der Waals surface area contributed by atoms with Crippen LogP contribution in [0.2, 0.25) is 0 Å². The summed E-state index contributed by atoms with van der Waals surface area (Å²) in [6, 6.07) is 8.14. The van der Waals surface area contributed by atoms with Gasteiger partial charge in [0.05, 0.1) is 6.54 Å². The number of carbonyl (C=O) groups excluding carboxylic acids is 1. The van der Waals surface area contributed by atoms with E-state index in [1.807, 2.05) is 28.8 Å². The molecule has 0 aromatic heterocycles. The lowest BCUT2D eigenvalue weighted by Crippen LogP contribution is -2.40. The highest BCUT2D eigenvalue weighted by atomic mass is 127. The van der Waals surface area contributed by atoms with Crippen molar-refractivity contribution in [2.45, 2.75) is 38.5 Å². The van der Waals surface area contributed by atoms with Gasteiger partial charge in [-0.2, -0.15) is 11.8 Å². The molecular formula is C18H29IN4OS. The first-order chi connectivity index (χ1) is 11.6. The number of nitrogens with one attached hydrogen (secondary N) is 2. The highest BCUT2D eigenvalue weighted by Crippen LogP contribution is 2.21. The molecule has 1 heterocycles. The third-order valence-corrected chi connectivity index (χ3v) is 5.02. The van der Waals surface area contributed by atoms with Crippen LogP contribution in [0.25, 0.3) is 0 Å². The van der Waals surface area contributed by atoms with Gasteiger partial charge in [-0.15, -0.1) is 24.0 Å². The third kappa shape index (κ3) is 7.05. The fourth-order valence-corrected chi connectivity index (χ4v) is 2.79. The van der Waals surface area contributed by atoms with Crippen molar-refractivity contribution < 1.29 is 4.79 Å². The first-order valence-corrected chi connectivity index (χ1v) is 9.87. The SMILES string of the molecule is CCNC(=NCc1ccc(N2CCCC2=O)cc1)NCC(C)SC.I. The molecule has 0 bridgehead atoms. The molecule has 1 saturated heterocycles. The van der Waals surface area contributed by atoms with E-state index in [1.165, 1.54) is 0 Å². The average molecular weight is 476 g/mol. The molecule has 25 heavy (non-hydrogen) atoms. The van der Waals surface area contributed by atoms with Crippen LogP contribution in [-0.2, 0) is 11.3 Å². The Morgan fingerprint density at radius 2 is 2.04 bits per heavy atom. The number of anilines is 1. The van der Waals surface area contributed by atoms with Crippen molar-refractivity contribution in [1.82, 2.24) is 10.6 Å². The van der Waals surface area contributed by atoms with Gasteiger partial charge in [0.2, 0.25) is 5.91 Å². The molecule has 140 valence electrons. The van der Waals surface area contributed by atoms with Gasteiger partial charge in [0.25, 0.3) is 0 Å². The van der Waals surface area contributed by atoms with Gasteiger partial charge in [0, 0.05) is 37.0 Å². The van der Waals surface area contributed by atoms with Crippen molar-refractivity contribution in [3.05, 3.63) is 29.8 Å². The number of aliphatic imine (C=N–C) groups is 1. The Labute approximate surface area is 172 Å². The summed E-state index contributed by atoms with van der Waals surface area (Å²) >= 11 is 1.84. The van der Waals surface area contributed by atoms with Crippen molar-refractivity contribution in [2.75, 3.05) is 30.8 Å². The monoisotopic (exact) mass is 476 g/mol. The number of benzene rings is 1. The van der Waals surface area contributed by atoms with Gasteiger partial charge in [0.1, 0.15) is 0 Å². The van der Waals surface area contributed by atoms with E-state index in [1.54, 1.807) is 0 Å². The van der Waals surface area contributed by atoms with Gasteiger partial charge in [-0.25, -0.2) is 4.99 Å². The Morgan fingerprint density at radius 1 is 1.32 bits per heavy atom. The van der Waals surface area contributed by atoms with Gasteiger partial charge in [-0.05, 0) is 37.3 Å². The highest BCUT2D eigenvalue weighted by Gasteiger charge is 2.21. The zero-order chi connectivity index (χ0) is 17.4. The lowest BCUT2D eigenvalue weighted by atomic mass is 10.2. The van der Waals surface area contributed by atoms with E-state index < -0.39 is 0 Å². The second kappa shape index (κ2) is 11.6. The molecule has 0 radical (unpaired) electrons. The molecule has 1 amide bonds. The Balaban J connectivity index is 0.00000312. The van der Waals surface area contributed by atoms with Crippen LogP contribution < -0.4 is 15.5 Å². The predicted octanol–water partition coefficient (Wildman–Crippen LogP) is 3.24. The summed E-state index contributed by atoms with van der Waals surface area (Å²) in [6.45, 7) is 7.45. The summed E-state index contributed by atoms with van der Waals surface area (Å²) in [4.78, 5) is 18.3.